The molecule has 0 saturated carbocycles. The van der Waals surface area contributed by atoms with Crippen molar-refractivity contribution in [3.63, 3.8) is 0 Å². The number of aromatic hydroxyl groups is 1. The van der Waals surface area contributed by atoms with Crippen molar-refractivity contribution in [2.75, 3.05) is 0 Å². The fourth-order valence-corrected chi connectivity index (χ4v) is 2.07. The van der Waals surface area contributed by atoms with E-state index in [2.05, 4.69) is 0 Å². The van der Waals surface area contributed by atoms with Crippen molar-refractivity contribution in [1.29, 1.82) is 0 Å². The highest BCUT2D eigenvalue weighted by molar-refractivity contribution is 5.72. The second-order valence-corrected chi connectivity index (χ2v) is 4.86. The summed E-state index contributed by atoms with van der Waals surface area (Å²) in [5, 5.41) is 10.3. The number of aryl methyl sites for hydroxylation is 1. The first-order chi connectivity index (χ1) is 8.50. The zero-order chi connectivity index (χ0) is 13.3. The molecule has 0 spiro atoms. The Labute approximate surface area is 107 Å². The van der Waals surface area contributed by atoms with Crippen LogP contribution in [-0.4, -0.2) is 5.11 Å². The fourth-order valence-electron chi connectivity index (χ4n) is 2.07. The molecule has 94 valence electrons. The molecule has 0 atom stereocenters. The first-order valence-corrected chi connectivity index (χ1v) is 6.09. The summed E-state index contributed by atoms with van der Waals surface area (Å²) in [5.74, 6) is 0.322. The van der Waals surface area contributed by atoms with Gasteiger partial charge in [-0.15, -0.1) is 0 Å². The normalized spacial score (nSPS) is 10.9. The number of benzene rings is 2. The monoisotopic (exact) mass is 244 g/mol. The lowest BCUT2D eigenvalue weighted by Crippen LogP contribution is -1.91. The van der Waals surface area contributed by atoms with Gasteiger partial charge in [0.05, 0.1) is 0 Å². The zero-order valence-electron chi connectivity index (χ0n) is 10.9. The molecule has 18 heavy (non-hydrogen) atoms. The quantitative estimate of drug-likeness (QED) is 0.816. The molecule has 0 radical (unpaired) electrons. The minimum Gasteiger partial charge on any atom is -0.507 e. The number of para-hydroxylation sites is 1. The van der Waals surface area contributed by atoms with Gasteiger partial charge in [-0.1, -0.05) is 38.1 Å². The van der Waals surface area contributed by atoms with E-state index in [1.54, 1.807) is 19.1 Å². The van der Waals surface area contributed by atoms with Crippen molar-refractivity contribution in [3.05, 3.63) is 53.3 Å². The number of phenols is 1. The van der Waals surface area contributed by atoms with E-state index in [1.807, 2.05) is 32.0 Å². The van der Waals surface area contributed by atoms with Gasteiger partial charge in [0.25, 0.3) is 0 Å². The van der Waals surface area contributed by atoms with Crippen LogP contribution in [0, 0.1) is 12.7 Å². The third-order valence-electron chi connectivity index (χ3n) is 3.16. The summed E-state index contributed by atoms with van der Waals surface area (Å²) in [6.07, 6.45) is 0. The van der Waals surface area contributed by atoms with Crippen LogP contribution in [0.1, 0.15) is 30.9 Å². The Morgan fingerprint density at radius 2 is 1.83 bits per heavy atom. The maximum Gasteiger partial charge on any atom is 0.126 e. The van der Waals surface area contributed by atoms with E-state index in [4.69, 9.17) is 0 Å². The second kappa shape index (κ2) is 4.81. The van der Waals surface area contributed by atoms with Crippen LogP contribution in [0.3, 0.4) is 0 Å². The number of halogens is 1. The van der Waals surface area contributed by atoms with Crippen molar-refractivity contribution in [2.24, 2.45) is 0 Å². The molecule has 2 rings (SSSR count). The van der Waals surface area contributed by atoms with Gasteiger partial charge < -0.3 is 5.11 Å². The van der Waals surface area contributed by atoms with Crippen LogP contribution in [0.2, 0.25) is 0 Å². The van der Waals surface area contributed by atoms with Gasteiger partial charge in [0, 0.05) is 5.56 Å². The summed E-state index contributed by atoms with van der Waals surface area (Å²) in [5.41, 5.74) is 3.09. The van der Waals surface area contributed by atoms with Crippen LogP contribution >= 0.6 is 0 Å². The molecule has 2 heteroatoms. The average molecular weight is 244 g/mol. The highest BCUT2D eigenvalue weighted by Gasteiger charge is 2.12. The predicted molar refractivity (Wildman–Crippen MR) is 72.3 cm³/mol. The zero-order valence-corrected chi connectivity index (χ0v) is 10.9. The molecule has 2 aromatic rings. The topological polar surface area (TPSA) is 20.2 Å². The molecular weight excluding hydrogens is 227 g/mol. The molecule has 0 bridgehead atoms. The third-order valence-corrected chi connectivity index (χ3v) is 3.16. The van der Waals surface area contributed by atoms with Gasteiger partial charge in [0.1, 0.15) is 11.6 Å². The standard InChI is InChI=1S/C16H17FO/c1-10(2)13-5-4-6-14(16(13)18)12-7-8-15(17)11(3)9-12/h4-10,18H,1-3H3. The molecule has 1 N–H and O–H groups in total. The van der Waals surface area contributed by atoms with Crippen LogP contribution < -0.4 is 0 Å². The van der Waals surface area contributed by atoms with E-state index in [9.17, 15) is 9.50 Å². The lowest BCUT2D eigenvalue weighted by atomic mass is 9.95. The van der Waals surface area contributed by atoms with Gasteiger partial charge in [0.2, 0.25) is 0 Å². The number of phenolic OH excluding ortho intramolecular Hbond substituents is 1. The van der Waals surface area contributed by atoms with Gasteiger partial charge in [-0.3, -0.25) is 0 Å². The molecule has 0 unspecified atom stereocenters. The molecule has 0 fully saturated rings. The average Bonchev–Trinajstić information content (AvgIpc) is 2.33. The Morgan fingerprint density at radius 1 is 1.11 bits per heavy atom. The SMILES string of the molecule is Cc1cc(-c2cccc(C(C)C)c2O)ccc1F. The molecule has 0 aliphatic carbocycles. The third kappa shape index (κ3) is 2.23. The molecule has 0 aliphatic heterocycles. The second-order valence-electron chi connectivity index (χ2n) is 4.86. The molecule has 0 aliphatic rings. The van der Waals surface area contributed by atoms with E-state index >= 15 is 0 Å². The van der Waals surface area contributed by atoms with Crippen LogP contribution in [0.15, 0.2) is 36.4 Å². The largest absolute Gasteiger partial charge is 0.507 e. The van der Waals surface area contributed by atoms with Crippen LogP contribution in [0.25, 0.3) is 11.1 Å². The Bertz CT molecular complexity index is 573. The summed E-state index contributed by atoms with van der Waals surface area (Å²) in [7, 11) is 0. The lowest BCUT2D eigenvalue weighted by molar-refractivity contribution is 0.467. The molecule has 2 aromatic carbocycles. The summed E-state index contributed by atoms with van der Waals surface area (Å²) in [6, 6.07) is 10.6. The van der Waals surface area contributed by atoms with Crippen LogP contribution in [-0.2, 0) is 0 Å². The lowest BCUT2D eigenvalue weighted by Gasteiger charge is -2.13. The Kier molecular flexibility index (Phi) is 3.37. The van der Waals surface area contributed by atoms with Gasteiger partial charge in [0.15, 0.2) is 0 Å². The number of hydrogen-bond donors (Lipinski definition) is 1. The molecular formula is C16H17FO. The fraction of sp³-hybridized carbons (Fsp3) is 0.250. The molecule has 0 amide bonds. The Hall–Kier alpha value is -1.83. The highest BCUT2D eigenvalue weighted by atomic mass is 19.1. The van der Waals surface area contributed by atoms with E-state index in [0.717, 1.165) is 16.7 Å². The minimum absolute atomic E-state index is 0.224. The van der Waals surface area contributed by atoms with E-state index < -0.39 is 0 Å². The Balaban J connectivity index is 2.57. The maximum absolute atomic E-state index is 13.3. The van der Waals surface area contributed by atoms with E-state index in [0.29, 0.717) is 11.3 Å². The molecule has 0 aromatic heterocycles. The van der Waals surface area contributed by atoms with Crippen molar-refractivity contribution in [2.45, 2.75) is 26.7 Å². The summed E-state index contributed by atoms with van der Waals surface area (Å²) >= 11 is 0. The van der Waals surface area contributed by atoms with Gasteiger partial charge in [-0.25, -0.2) is 4.39 Å². The summed E-state index contributed by atoms with van der Waals surface area (Å²) < 4.78 is 13.3. The van der Waals surface area contributed by atoms with Crippen molar-refractivity contribution in [1.82, 2.24) is 0 Å². The highest BCUT2D eigenvalue weighted by Crippen LogP contribution is 2.36. The maximum atomic E-state index is 13.3. The van der Waals surface area contributed by atoms with Crippen molar-refractivity contribution >= 4 is 0 Å². The van der Waals surface area contributed by atoms with Crippen molar-refractivity contribution in [3.8, 4) is 16.9 Å². The molecule has 1 nitrogen and oxygen atoms in total. The molecule has 0 heterocycles. The van der Waals surface area contributed by atoms with E-state index in [1.165, 1.54) is 6.07 Å². The van der Waals surface area contributed by atoms with E-state index in [-0.39, 0.29) is 11.7 Å². The van der Waals surface area contributed by atoms with Gasteiger partial charge >= 0.3 is 0 Å². The minimum atomic E-state index is -0.224. The van der Waals surface area contributed by atoms with Crippen molar-refractivity contribution < 1.29 is 9.50 Å². The van der Waals surface area contributed by atoms with Crippen LogP contribution in [0.4, 0.5) is 4.39 Å². The smallest absolute Gasteiger partial charge is 0.126 e. The first kappa shape index (κ1) is 12.6. The molecule has 0 saturated heterocycles. The summed E-state index contributed by atoms with van der Waals surface area (Å²) in [4.78, 5) is 0. The van der Waals surface area contributed by atoms with Crippen LogP contribution in [0.5, 0.6) is 5.75 Å². The predicted octanol–water partition coefficient (Wildman–Crippen LogP) is 4.63. The number of rotatable bonds is 2. The Morgan fingerprint density at radius 3 is 2.44 bits per heavy atom. The van der Waals surface area contributed by atoms with Gasteiger partial charge in [-0.2, -0.15) is 0 Å². The van der Waals surface area contributed by atoms with Gasteiger partial charge in [-0.05, 0) is 41.7 Å². The number of hydrogen-bond acceptors (Lipinski definition) is 1. The first-order valence-electron chi connectivity index (χ1n) is 6.09. The summed E-state index contributed by atoms with van der Waals surface area (Å²) in [6.45, 7) is 5.80.